The molecule has 1 heterocycles. The van der Waals surface area contributed by atoms with E-state index in [4.69, 9.17) is 4.43 Å². The Labute approximate surface area is 196 Å². The molecule has 0 atom stereocenters. The third kappa shape index (κ3) is 3.87. The Bertz CT molecular complexity index is 1560. The molecule has 0 N–H and O–H groups in total. The number of fused-ring (bicyclic) bond motifs is 6. The third-order valence-electron chi connectivity index (χ3n) is 5.94. The second kappa shape index (κ2) is 8.77. The van der Waals surface area contributed by atoms with E-state index in [2.05, 4.69) is 97.1 Å². The maximum atomic E-state index is 5.13. The molecule has 0 aliphatic carbocycles. The molecule has 6 aromatic rings. The van der Waals surface area contributed by atoms with Gasteiger partial charge >= 0.3 is 0 Å². The molecule has 1 fully saturated rings. The Morgan fingerprint density at radius 3 is 1.41 bits per heavy atom. The molecule has 0 aromatic heterocycles. The van der Waals surface area contributed by atoms with Crippen molar-refractivity contribution in [3.05, 3.63) is 97.1 Å². The lowest BCUT2D eigenvalue weighted by Crippen LogP contribution is -2.31. The minimum absolute atomic E-state index is 0.849. The van der Waals surface area contributed by atoms with E-state index in [9.17, 15) is 0 Å². The Hall–Kier alpha value is -2.55. The fourth-order valence-corrected chi connectivity index (χ4v) is 13.7. The molecule has 5 heteroatoms. The fraction of sp³-hybridized carbons (Fsp3) is 0.0370. The molecule has 8 radical (unpaired) electrons. The highest BCUT2D eigenvalue weighted by Gasteiger charge is 2.06. The molecule has 1 aliphatic rings. The van der Waals surface area contributed by atoms with Crippen molar-refractivity contribution in [2.24, 2.45) is 0 Å². The van der Waals surface area contributed by atoms with Crippen LogP contribution in [0.2, 0.25) is 0 Å². The van der Waals surface area contributed by atoms with Gasteiger partial charge in [-0.3, -0.25) is 0 Å². The average Bonchev–Trinajstić information content (AvgIpc) is 2.86. The van der Waals surface area contributed by atoms with Crippen molar-refractivity contribution >= 4 is 89.3 Å². The maximum absolute atomic E-state index is 5.13. The molecule has 1 aliphatic heterocycles. The van der Waals surface area contributed by atoms with E-state index in [1.165, 1.54) is 62.4 Å². The molecule has 1 saturated heterocycles. The van der Waals surface area contributed by atoms with Gasteiger partial charge in [-0.15, -0.1) is 0 Å². The van der Waals surface area contributed by atoms with Crippen LogP contribution in [0.4, 0.5) is 0 Å². The van der Waals surface area contributed by atoms with Gasteiger partial charge in [0.1, 0.15) is 0 Å². The summed E-state index contributed by atoms with van der Waals surface area (Å²) in [6, 6.07) is 35.6. The van der Waals surface area contributed by atoms with Crippen LogP contribution in [0.5, 0.6) is 0 Å². The largest absolute Gasteiger partial charge is 0.426 e. The molecule has 0 unspecified atom stereocenters. The SMILES string of the molecule is C1O[Si][Si][Si][Si]1.c1ccc2cc3cc4c(ccc5cc6ccccc6cc54)cc3cc2c1. The van der Waals surface area contributed by atoms with E-state index < -0.39 is 0 Å². The van der Waals surface area contributed by atoms with Crippen LogP contribution in [-0.4, -0.2) is 41.7 Å². The fourth-order valence-electron chi connectivity index (χ4n) is 4.40. The maximum Gasteiger partial charge on any atom is 0.201 e. The normalized spacial score (nSPS) is 14.1. The molecule has 148 valence electrons. The van der Waals surface area contributed by atoms with Crippen LogP contribution in [0.15, 0.2) is 97.1 Å². The predicted molar refractivity (Wildman–Crippen MR) is 143 cm³/mol. The van der Waals surface area contributed by atoms with E-state index in [1.54, 1.807) is 0 Å². The Balaban J connectivity index is 0.000000285. The van der Waals surface area contributed by atoms with Crippen molar-refractivity contribution < 1.29 is 4.43 Å². The van der Waals surface area contributed by atoms with Crippen molar-refractivity contribution in [2.75, 3.05) is 6.23 Å². The van der Waals surface area contributed by atoms with Gasteiger partial charge < -0.3 is 4.43 Å². The van der Waals surface area contributed by atoms with Gasteiger partial charge in [0.2, 0.25) is 9.28 Å². The van der Waals surface area contributed by atoms with Gasteiger partial charge in [-0.05, 0) is 90.3 Å². The van der Waals surface area contributed by atoms with Crippen LogP contribution >= 0.6 is 0 Å². The second-order valence-corrected chi connectivity index (χ2v) is 17.2. The molecule has 0 spiro atoms. The summed E-state index contributed by atoms with van der Waals surface area (Å²) in [5.41, 5.74) is 0. The number of benzene rings is 6. The van der Waals surface area contributed by atoms with Crippen LogP contribution in [0.25, 0.3) is 53.9 Å². The van der Waals surface area contributed by atoms with Crippen molar-refractivity contribution in [2.45, 2.75) is 0 Å². The number of hydrogen-bond acceptors (Lipinski definition) is 1. The van der Waals surface area contributed by atoms with Crippen LogP contribution in [0, 0.1) is 0 Å². The minimum Gasteiger partial charge on any atom is -0.426 e. The van der Waals surface area contributed by atoms with Crippen molar-refractivity contribution in [3.8, 4) is 0 Å². The average molecular weight is 471 g/mol. The second-order valence-electron chi connectivity index (χ2n) is 7.92. The lowest BCUT2D eigenvalue weighted by Gasteiger charge is -2.09. The van der Waals surface area contributed by atoms with Gasteiger partial charge in [-0.1, -0.05) is 60.7 Å². The molecule has 6 aromatic carbocycles. The zero-order chi connectivity index (χ0) is 21.3. The first-order valence-electron chi connectivity index (χ1n) is 10.6. The first-order valence-corrected chi connectivity index (χ1v) is 17.7. The summed E-state index contributed by atoms with van der Waals surface area (Å²) in [6.45, 7) is 0. The molecule has 7 rings (SSSR count). The Morgan fingerprint density at radius 1 is 0.469 bits per heavy atom. The van der Waals surface area contributed by atoms with E-state index >= 15 is 0 Å². The lowest BCUT2D eigenvalue weighted by atomic mass is 9.95. The number of rotatable bonds is 0. The smallest absolute Gasteiger partial charge is 0.201 e. The highest BCUT2D eigenvalue weighted by atomic mass is 29.7. The van der Waals surface area contributed by atoms with Crippen molar-refractivity contribution in [1.82, 2.24) is 0 Å². The zero-order valence-corrected chi connectivity index (χ0v) is 21.4. The van der Waals surface area contributed by atoms with Gasteiger partial charge in [0.05, 0.1) is 9.04 Å². The Morgan fingerprint density at radius 2 is 0.938 bits per heavy atom. The van der Waals surface area contributed by atoms with Gasteiger partial charge in [-0.25, -0.2) is 0 Å². The quantitative estimate of drug-likeness (QED) is 0.152. The lowest BCUT2D eigenvalue weighted by molar-refractivity contribution is 0.421. The molecular formula is C27H18OSi4. The highest BCUT2D eigenvalue weighted by Crippen LogP contribution is 2.33. The van der Waals surface area contributed by atoms with Crippen LogP contribution in [0.1, 0.15) is 0 Å². The molecule has 0 amide bonds. The van der Waals surface area contributed by atoms with E-state index in [0.717, 1.165) is 33.1 Å². The van der Waals surface area contributed by atoms with Crippen LogP contribution < -0.4 is 0 Å². The predicted octanol–water partition coefficient (Wildman–Crippen LogP) is 5.90. The monoisotopic (exact) mass is 470 g/mol. The van der Waals surface area contributed by atoms with Gasteiger partial charge in [0.25, 0.3) is 0 Å². The topological polar surface area (TPSA) is 9.23 Å². The summed E-state index contributed by atoms with van der Waals surface area (Å²) in [6.07, 6.45) is 1.06. The summed E-state index contributed by atoms with van der Waals surface area (Å²) in [7, 11) is 4.37. The van der Waals surface area contributed by atoms with Crippen molar-refractivity contribution in [1.29, 1.82) is 0 Å². The van der Waals surface area contributed by atoms with Crippen molar-refractivity contribution in [3.63, 3.8) is 0 Å². The summed E-state index contributed by atoms with van der Waals surface area (Å²) in [5, 5.41) is 13.1. The number of hydrogen-bond donors (Lipinski definition) is 0. The molecule has 1 nitrogen and oxygen atoms in total. The third-order valence-corrected chi connectivity index (χ3v) is 16.3. The van der Waals surface area contributed by atoms with E-state index in [1.807, 2.05) is 0 Å². The summed E-state index contributed by atoms with van der Waals surface area (Å²) < 4.78 is 5.13. The van der Waals surface area contributed by atoms with Crippen LogP contribution in [-0.2, 0) is 4.43 Å². The van der Waals surface area contributed by atoms with Gasteiger partial charge in [-0.2, -0.15) is 0 Å². The van der Waals surface area contributed by atoms with Crippen LogP contribution in [0.3, 0.4) is 0 Å². The van der Waals surface area contributed by atoms with Gasteiger partial charge in [0.15, 0.2) is 0 Å². The summed E-state index contributed by atoms with van der Waals surface area (Å²) >= 11 is 0. The molecule has 0 bridgehead atoms. The molecule has 0 saturated carbocycles. The molecule has 32 heavy (non-hydrogen) atoms. The van der Waals surface area contributed by atoms with E-state index in [0.29, 0.717) is 0 Å². The zero-order valence-electron chi connectivity index (χ0n) is 17.4. The van der Waals surface area contributed by atoms with Gasteiger partial charge in [0, 0.05) is 23.3 Å². The summed E-state index contributed by atoms with van der Waals surface area (Å²) in [5.74, 6) is 0. The first kappa shape index (κ1) is 20.1. The minimum atomic E-state index is 0.849. The Kier molecular flexibility index (Phi) is 5.50. The first-order chi connectivity index (χ1) is 15.8. The molecular weight excluding hydrogens is 453 g/mol. The summed E-state index contributed by atoms with van der Waals surface area (Å²) in [4.78, 5) is 0. The highest BCUT2D eigenvalue weighted by molar-refractivity contribution is 7.44. The van der Waals surface area contributed by atoms with E-state index in [-0.39, 0.29) is 0 Å². The standard InChI is InChI=1S/C26H16.CH2OSi4/c1-2-7-19-13-24-16-26-22(14-23(24)12-18(19)6-1)10-9-21-11-17-5-3-4-8-20(17)15-25(21)26;1-2-4-6-5-3-1/h1-16H;1H2.